The minimum atomic E-state index is 0.687. The summed E-state index contributed by atoms with van der Waals surface area (Å²) in [6.07, 6.45) is 0. The molecule has 0 bridgehead atoms. The summed E-state index contributed by atoms with van der Waals surface area (Å²) >= 11 is 5.66. The van der Waals surface area contributed by atoms with Crippen LogP contribution in [-0.2, 0) is 13.2 Å². The Morgan fingerprint density at radius 2 is 1.77 bits per heavy atom. The minimum Gasteiger partial charge on any atom is -0.494 e. The molecule has 0 aliphatic carbocycles. The highest BCUT2D eigenvalue weighted by molar-refractivity contribution is 7.71. The Bertz CT molecular complexity index is 900. The van der Waals surface area contributed by atoms with E-state index in [1.807, 2.05) is 65.6 Å². The standard InChI is InChI=1S/C20H24N4OS/c1-4-25-19-12-10-17(11-13-19)14-22(3)15-23-20(26)24(16(2)21-23)18-8-6-5-7-9-18/h5-13H,4,14-15H2,1-3H3/p+1. The van der Waals surface area contributed by atoms with E-state index in [-0.39, 0.29) is 0 Å². The summed E-state index contributed by atoms with van der Waals surface area (Å²) < 4.78 is 10.1. The highest BCUT2D eigenvalue weighted by Crippen LogP contribution is 2.12. The van der Waals surface area contributed by atoms with Gasteiger partial charge in [-0.05, 0) is 62.5 Å². The van der Waals surface area contributed by atoms with Gasteiger partial charge < -0.3 is 9.64 Å². The van der Waals surface area contributed by atoms with Gasteiger partial charge in [-0.3, -0.25) is 4.57 Å². The number of rotatable bonds is 7. The zero-order valence-electron chi connectivity index (χ0n) is 15.5. The van der Waals surface area contributed by atoms with E-state index in [9.17, 15) is 0 Å². The van der Waals surface area contributed by atoms with Crippen LogP contribution in [0, 0.1) is 11.7 Å². The molecule has 26 heavy (non-hydrogen) atoms. The summed E-state index contributed by atoms with van der Waals surface area (Å²) in [6, 6.07) is 18.4. The highest BCUT2D eigenvalue weighted by atomic mass is 32.1. The second-order valence-corrected chi connectivity index (χ2v) is 6.73. The van der Waals surface area contributed by atoms with Crippen molar-refractivity contribution in [3.05, 3.63) is 70.8 Å². The molecule has 1 unspecified atom stereocenters. The lowest BCUT2D eigenvalue weighted by atomic mass is 10.2. The molecule has 0 radical (unpaired) electrons. The molecule has 3 aromatic rings. The third-order valence-corrected chi connectivity index (χ3v) is 4.57. The molecule has 1 atom stereocenters. The maximum absolute atomic E-state index is 5.66. The van der Waals surface area contributed by atoms with Gasteiger partial charge in [0.25, 0.3) is 0 Å². The monoisotopic (exact) mass is 369 g/mol. The molecular weight excluding hydrogens is 344 g/mol. The first-order valence-electron chi connectivity index (χ1n) is 8.83. The normalized spacial score (nSPS) is 12.1. The number of benzene rings is 2. The molecule has 0 amide bonds. The smallest absolute Gasteiger partial charge is 0.207 e. The Morgan fingerprint density at radius 3 is 2.42 bits per heavy atom. The molecular formula is C20H25N4OS+. The molecule has 5 nitrogen and oxygen atoms in total. The van der Waals surface area contributed by atoms with Gasteiger partial charge >= 0.3 is 0 Å². The summed E-state index contributed by atoms with van der Waals surface area (Å²) in [5, 5.41) is 4.64. The predicted octanol–water partition coefficient (Wildman–Crippen LogP) is 2.78. The van der Waals surface area contributed by atoms with Gasteiger partial charge in [-0.1, -0.05) is 18.2 Å². The zero-order chi connectivity index (χ0) is 18.5. The van der Waals surface area contributed by atoms with Crippen molar-refractivity contribution in [2.24, 2.45) is 0 Å². The molecule has 3 rings (SSSR count). The zero-order valence-corrected chi connectivity index (χ0v) is 16.3. The van der Waals surface area contributed by atoms with Crippen LogP contribution >= 0.6 is 12.2 Å². The van der Waals surface area contributed by atoms with Crippen LogP contribution < -0.4 is 9.64 Å². The summed E-state index contributed by atoms with van der Waals surface area (Å²) in [4.78, 5) is 1.31. The lowest BCUT2D eigenvalue weighted by Gasteiger charge is -2.14. The number of nitrogens with zero attached hydrogens (tertiary/aromatic N) is 3. The molecule has 1 N–H and O–H groups in total. The van der Waals surface area contributed by atoms with Crippen molar-refractivity contribution in [3.63, 3.8) is 0 Å². The number of para-hydroxylation sites is 1. The minimum absolute atomic E-state index is 0.687. The van der Waals surface area contributed by atoms with Crippen molar-refractivity contribution in [2.45, 2.75) is 27.1 Å². The fourth-order valence-corrected chi connectivity index (χ4v) is 3.37. The Labute approximate surface area is 159 Å². The fourth-order valence-electron chi connectivity index (χ4n) is 3.02. The van der Waals surface area contributed by atoms with Gasteiger partial charge in [0.1, 0.15) is 18.1 Å². The van der Waals surface area contributed by atoms with E-state index < -0.39 is 0 Å². The largest absolute Gasteiger partial charge is 0.494 e. The van der Waals surface area contributed by atoms with Crippen molar-refractivity contribution in [3.8, 4) is 11.4 Å². The molecule has 0 saturated carbocycles. The summed E-state index contributed by atoms with van der Waals surface area (Å²) in [5.74, 6) is 1.81. The topological polar surface area (TPSA) is 36.4 Å². The second-order valence-electron chi connectivity index (χ2n) is 6.37. The quantitative estimate of drug-likeness (QED) is 0.651. The Morgan fingerprint density at radius 1 is 1.08 bits per heavy atom. The third kappa shape index (κ3) is 4.20. The van der Waals surface area contributed by atoms with E-state index >= 15 is 0 Å². The molecule has 136 valence electrons. The van der Waals surface area contributed by atoms with E-state index in [0.717, 1.165) is 28.6 Å². The van der Waals surface area contributed by atoms with E-state index in [2.05, 4.69) is 24.3 Å². The molecule has 0 spiro atoms. The Hall–Kier alpha value is -2.44. The van der Waals surface area contributed by atoms with Crippen LogP contribution in [0.2, 0.25) is 0 Å². The molecule has 1 aromatic heterocycles. The lowest BCUT2D eigenvalue weighted by molar-refractivity contribution is -0.917. The molecule has 6 heteroatoms. The van der Waals surface area contributed by atoms with Crippen LogP contribution in [0.1, 0.15) is 18.3 Å². The molecule has 0 aliphatic heterocycles. The van der Waals surface area contributed by atoms with Gasteiger partial charge in [0.05, 0.1) is 13.7 Å². The number of hydrogen-bond donors (Lipinski definition) is 1. The van der Waals surface area contributed by atoms with Gasteiger partial charge in [0, 0.05) is 11.3 Å². The van der Waals surface area contributed by atoms with Gasteiger partial charge in [-0.25, -0.2) is 0 Å². The Balaban J connectivity index is 1.72. The van der Waals surface area contributed by atoms with Gasteiger partial charge in [0.15, 0.2) is 6.67 Å². The molecule has 0 fully saturated rings. The van der Waals surface area contributed by atoms with E-state index in [0.29, 0.717) is 13.3 Å². The average molecular weight is 370 g/mol. The molecule has 2 aromatic carbocycles. The van der Waals surface area contributed by atoms with Crippen molar-refractivity contribution in [1.29, 1.82) is 0 Å². The number of ether oxygens (including phenoxy) is 1. The summed E-state index contributed by atoms with van der Waals surface area (Å²) in [6.45, 7) is 6.28. The van der Waals surface area contributed by atoms with Crippen molar-refractivity contribution < 1.29 is 9.64 Å². The van der Waals surface area contributed by atoms with Crippen LogP contribution in [0.15, 0.2) is 54.6 Å². The molecule has 1 heterocycles. The number of quaternary nitrogens is 1. The van der Waals surface area contributed by atoms with Crippen LogP contribution in [-0.4, -0.2) is 28.0 Å². The number of aryl methyl sites for hydroxylation is 1. The molecule has 0 aliphatic rings. The SMILES string of the molecule is CCOc1ccc(C[NH+](C)Cn2nc(C)n(-c3ccccc3)c2=S)cc1. The molecule has 0 saturated heterocycles. The van der Waals surface area contributed by atoms with Crippen molar-refractivity contribution >= 4 is 12.2 Å². The Kier molecular flexibility index (Phi) is 5.85. The van der Waals surface area contributed by atoms with Crippen LogP contribution in [0.4, 0.5) is 0 Å². The predicted molar refractivity (Wildman–Crippen MR) is 105 cm³/mol. The maximum atomic E-state index is 5.66. The van der Waals surface area contributed by atoms with Gasteiger partial charge in [-0.2, -0.15) is 9.78 Å². The van der Waals surface area contributed by atoms with Gasteiger partial charge in [-0.15, -0.1) is 0 Å². The first-order valence-corrected chi connectivity index (χ1v) is 9.24. The fraction of sp³-hybridized carbons (Fsp3) is 0.300. The highest BCUT2D eigenvalue weighted by Gasteiger charge is 2.12. The number of aromatic nitrogens is 3. The van der Waals surface area contributed by atoms with Gasteiger partial charge in [0.2, 0.25) is 4.77 Å². The lowest BCUT2D eigenvalue weighted by Crippen LogP contribution is -3.07. The second kappa shape index (κ2) is 8.29. The number of nitrogens with one attached hydrogen (secondary N) is 1. The number of hydrogen-bond acceptors (Lipinski definition) is 3. The first-order chi connectivity index (χ1) is 12.6. The summed E-state index contributed by atoms with van der Waals surface area (Å²) in [5.41, 5.74) is 2.31. The van der Waals surface area contributed by atoms with E-state index in [4.69, 9.17) is 17.0 Å². The van der Waals surface area contributed by atoms with Crippen molar-refractivity contribution in [2.75, 3.05) is 13.7 Å². The summed E-state index contributed by atoms with van der Waals surface area (Å²) in [7, 11) is 2.15. The maximum Gasteiger partial charge on any atom is 0.207 e. The van der Waals surface area contributed by atoms with Crippen molar-refractivity contribution in [1.82, 2.24) is 14.3 Å². The third-order valence-electron chi connectivity index (χ3n) is 4.18. The van der Waals surface area contributed by atoms with Crippen LogP contribution in [0.25, 0.3) is 5.69 Å². The first kappa shape index (κ1) is 18.4. The van der Waals surface area contributed by atoms with E-state index in [1.165, 1.54) is 10.5 Å². The van der Waals surface area contributed by atoms with E-state index in [1.54, 1.807) is 0 Å². The van der Waals surface area contributed by atoms with Crippen LogP contribution in [0.5, 0.6) is 5.75 Å². The van der Waals surface area contributed by atoms with Crippen LogP contribution in [0.3, 0.4) is 0 Å². The average Bonchev–Trinajstić information content (AvgIpc) is 2.91.